The van der Waals surface area contributed by atoms with Gasteiger partial charge in [-0.25, -0.2) is 9.59 Å². The molecule has 14 nitrogen and oxygen atoms in total. The summed E-state index contributed by atoms with van der Waals surface area (Å²) in [6, 6.07) is 11.8. The van der Waals surface area contributed by atoms with Crippen molar-refractivity contribution in [3.8, 4) is 5.75 Å². The summed E-state index contributed by atoms with van der Waals surface area (Å²) >= 11 is 0. The molecule has 2 N–H and O–H groups in total. The standard InChI is InChI=1S/C41H59N7O7/c1-29-25-31(26-30(2)38(29)50)27-36(55-41(53)47-16-12-34(13-17-47)48-18-9-32-7-5-6-8-35(32)42-40(48)52)39(51)46-21-19-45(20-22-46)33-10-14-44(15-11-33)28-37(49)54-24-23-43(3)4/h5-8,25-26,33-34,36,50H,9-24,27-28H2,1-4H3,(H,42,52)/t36-/m1/s1. The molecule has 3 saturated heterocycles. The van der Waals surface area contributed by atoms with Crippen LogP contribution >= 0.6 is 0 Å². The van der Waals surface area contributed by atoms with E-state index in [0.717, 1.165) is 62.3 Å². The SMILES string of the molecule is Cc1cc(C[C@@H](OC(=O)N2CCC(N3CCc4ccccc4NC3=O)CC2)C(=O)N2CCN(C3CCN(CC(=O)OCCN(C)C)CC3)CC2)cc(C)c1O. The number of amides is 4. The number of esters is 1. The molecule has 0 saturated carbocycles. The number of benzene rings is 2. The molecule has 0 bridgehead atoms. The highest BCUT2D eigenvalue weighted by atomic mass is 16.6. The molecule has 2 aromatic carbocycles. The maximum absolute atomic E-state index is 14.2. The van der Waals surface area contributed by atoms with Crippen molar-refractivity contribution >= 4 is 29.7 Å². The van der Waals surface area contributed by atoms with Gasteiger partial charge in [0.05, 0.1) is 6.54 Å². The number of piperazine rings is 1. The number of hydrogen-bond acceptors (Lipinski definition) is 10. The van der Waals surface area contributed by atoms with Crippen molar-refractivity contribution in [3.05, 3.63) is 58.7 Å². The number of anilines is 1. The predicted octanol–water partition coefficient (Wildman–Crippen LogP) is 3.32. The molecule has 3 fully saturated rings. The third-order valence-electron chi connectivity index (χ3n) is 11.6. The van der Waals surface area contributed by atoms with Crippen molar-refractivity contribution in [2.75, 3.05) is 98.0 Å². The number of phenolic OH excluding ortho intramolecular Hbond substituents is 1. The van der Waals surface area contributed by atoms with Gasteiger partial charge in [0.1, 0.15) is 12.4 Å². The number of likely N-dealkylation sites (N-methyl/N-ethyl adjacent to an activating group) is 1. The zero-order chi connectivity index (χ0) is 39.1. The van der Waals surface area contributed by atoms with Crippen molar-refractivity contribution in [1.82, 2.24) is 29.4 Å². The lowest BCUT2D eigenvalue weighted by molar-refractivity contribution is -0.145. The molecule has 4 aliphatic heterocycles. The van der Waals surface area contributed by atoms with Crippen molar-refractivity contribution < 1.29 is 33.8 Å². The molecule has 300 valence electrons. The molecule has 4 amide bonds. The number of urea groups is 1. The molecular weight excluding hydrogens is 702 g/mol. The number of piperidine rings is 2. The van der Waals surface area contributed by atoms with E-state index >= 15 is 0 Å². The largest absolute Gasteiger partial charge is 0.507 e. The number of hydrogen-bond donors (Lipinski definition) is 2. The summed E-state index contributed by atoms with van der Waals surface area (Å²) in [5.41, 5.74) is 4.19. The number of carbonyl (C=O) groups excluding carboxylic acids is 4. The number of likely N-dealkylation sites (tertiary alicyclic amines) is 2. The molecule has 55 heavy (non-hydrogen) atoms. The Bertz CT molecular complexity index is 1640. The van der Waals surface area contributed by atoms with Gasteiger partial charge in [-0.3, -0.25) is 19.4 Å². The first-order valence-electron chi connectivity index (χ1n) is 19.9. The van der Waals surface area contributed by atoms with Crippen LogP contribution in [-0.4, -0.2) is 169 Å². The Morgan fingerprint density at radius 3 is 2.20 bits per heavy atom. The molecule has 2 aromatic rings. The van der Waals surface area contributed by atoms with E-state index < -0.39 is 12.2 Å². The number of fused-ring (bicyclic) bond motifs is 1. The lowest BCUT2D eigenvalue weighted by Crippen LogP contribution is -2.57. The van der Waals surface area contributed by atoms with Gasteiger partial charge in [0.15, 0.2) is 6.10 Å². The fourth-order valence-corrected chi connectivity index (χ4v) is 8.38. The number of carbonyl (C=O) groups is 4. The van der Waals surface area contributed by atoms with E-state index in [1.807, 2.05) is 79.0 Å². The Balaban J connectivity index is 1.02. The molecule has 0 aromatic heterocycles. The van der Waals surface area contributed by atoms with E-state index in [-0.39, 0.29) is 36.1 Å². The lowest BCUT2D eigenvalue weighted by Gasteiger charge is -2.43. The lowest BCUT2D eigenvalue weighted by atomic mass is 10.00. The van der Waals surface area contributed by atoms with Gasteiger partial charge in [-0.1, -0.05) is 30.3 Å². The van der Waals surface area contributed by atoms with Crippen LogP contribution in [0.5, 0.6) is 5.75 Å². The van der Waals surface area contributed by atoms with Gasteiger partial charge >= 0.3 is 18.1 Å². The van der Waals surface area contributed by atoms with E-state index in [1.165, 1.54) is 0 Å². The second kappa shape index (κ2) is 18.5. The summed E-state index contributed by atoms with van der Waals surface area (Å²) in [7, 11) is 3.90. The van der Waals surface area contributed by atoms with Crippen LogP contribution in [0.4, 0.5) is 15.3 Å². The predicted molar refractivity (Wildman–Crippen MR) is 209 cm³/mol. The maximum atomic E-state index is 14.2. The first-order valence-corrected chi connectivity index (χ1v) is 19.9. The average Bonchev–Trinajstić information content (AvgIpc) is 3.34. The summed E-state index contributed by atoms with van der Waals surface area (Å²) in [6.07, 6.45) is 2.57. The third-order valence-corrected chi connectivity index (χ3v) is 11.6. The van der Waals surface area contributed by atoms with Crippen LogP contribution < -0.4 is 5.32 Å². The van der Waals surface area contributed by atoms with Crippen molar-refractivity contribution in [3.63, 3.8) is 0 Å². The van der Waals surface area contributed by atoms with Crippen LogP contribution in [0.3, 0.4) is 0 Å². The molecule has 1 atom stereocenters. The van der Waals surface area contributed by atoms with Crippen LogP contribution in [0.2, 0.25) is 0 Å². The van der Waals surface area contributed by atoms with E-state index in [2.05, 4.69) is 15.1 Å². The highest BCUT2D eigenvalue weighted by Gasteiger charge is 2.36. The topological polar surface area (TPSA) is 138 Å². The number of phenols is 1. The minimum Gasteiger partial charge on any atom is -0.507 e. The van der Waals surface area contributed by atoms with Gasteiger partial charge in [0, 0.05) is 89.6 Å². The van der Waals surface area contributed by atoms with Crippen molar-refractivity contribution in [2.24, 2.45) is 0 Å². The van der Waals surface area contributed by atoms with E-state index in [4.69, 9.17) is 9.47 Å². The van der Waals surface area contributed by atoms with E-state index in [0.29, 0.717) is 82.4 Å². The fraction of sp³-hybridized carbons (Fsp3) is 0.610. The van der Waals surface area contributed by atoms with Crippen LogP contribution in [0.25, 0.3) is 0 Å². The van der Waals surface area contributed by atoms with Gasteiger partial charge in [-0.15, -0.1) is 0 Å². The molecule has 0 radical (unpaired) electrons. The van der Waals surface area contributed by atoms with Gasteiger partial charge in [0.2, 0.25) is 0 Å². The zero-order valence-electron chi connectivity index (χ0n) is 33.0. The summed E-state index contributed by atoms with van der Waals surface area (Å²) < 4.78 is 11.5. The molecule has 0 unspecified atom stereocenters. The van der Waals surface area contributed by atoms with Crippen molar-refractivity contribution in [1.29, 1.82) is 0 Å². The fourth-order valence-electron chi connectivity index (χ4n) is 8.38. The van der Waals surface area contributed by atoms with Gasteiger partial charge in [-0.2, -0.15) is 0 Å². The van der Waals surface area contributed by atoms with E-state index in [1.54, 1.807) is 4.90 Å². The summed E-state index contributed by atoms with van der Waals surface area (Å²) in [4.78, 5) is 65.3. The second-order valence-electron chi connectivity index (χ2n) is 15.8. The molecule has 0 aliphatic carbocycles. The Morgan fingerprint density at radius 1 is 0.873 bits per heavy atom. The van der Waals surface area contributed by atoms with Crippen molar-refractivity contribution in [2.45, 2.75) is 70.6 Å². The number of aromatic hydroxyl groups is 1. The van der Waals surface area contributed by atoms with Crippen LogP contribution in [0.1, 0.15) is 47.9 Å². The highest BCUT2D eigenvalue weighted by Crippen LogP contribution is 2.27. The summed E-state index contributed by atoms with van der Waals surface area (Å²) in [5, 5.41) is 13.4. The average molecular weight is 762 g/mol. The van der Waals surface area contributed by atoms with Crippen LogP contribution in [-0.2, 0) is 31.9 Å². The van der Waals surface area contributed by atoms with Gasteiger partial charge in [-0.05, 0) is 88.4 Å². The Hall–Kier alpha value is -4.40. The number of nitrogens with one attached hydrogen (secondary N) is 1. The van der Waals surface area contributed by atoms with Crippen LogP contribution in [0.15, 0.2) is 36.4 Å². The molecule has 0 spiro atoms. The Morgan fingerprint density at radius 2 is 1.53 bits per heavy atom. The van der Waals surface area contributed by atoms with Gasteiger partial charge < -0.3 is 39.5 Å². The molecule has 4 aliphatic rings. The third kappa shape index (κ3) is 10.5. The normalized spacial score (nSPS) is 19.8. The molecule has 4 heterocycles. The maximum Gasteiger partial charge on any atom is 0.410 e. The summed E-state index contributed by atoms with van der Waals surface area (Å²) in [6.45, 7) is 10.7. The number of nitrogens with zero attached hydrogens (tertiary/aromatic N) is 6. The minimum atomic E-state index is -1.02. The monoisotopic (exact) mass is 761 g/mol. The smallest absolute Gasteiger partial charge is 0.410 e. The quantitative estimate of drug-likeness (QED) is 0.328. The zero-order valence-corrected chi connectivity index (χ0v) is 33.0. The number of aryl methyl sites for hydroxylation is 2. The van der Waals surface area contributed by atoms with E-state index in [9.17, 15) is 24.3 Å². The molecular formula is C41H59N7O7. The Kier molecular flexibility index (Phi) is 13.5. The number of rotatable bonds is 11. The molecule has 6 rings (SSSR count). The highest BCUT2D eigenvalue weighted by molar-refractivity contribution is 5.91. The minimum absolute atomic E-state index is 0.00292. The Labute approximate surface area is 325 Å². The number of para-hydroxylation sites is 1. The number of ether oxygens (including phenoxy) is 2. The molecule has 14 heteroatoms. The second-order valence-corrected chi connectivity index (χ2v) is 15.8. The van der Waals surface area contributed by atoms with Crippen LogP contribution in [0, 0.1) is 13.8 Å². The first kappa shape index (κ1) is 40.3. The first-order chi connectivity index (χ1) is 26.4. The summed E-state index contributed by atoms with van der Waals surface area (Å²) in [5.74, 6) is -0.177. The van der Waals surface area contributed by atoms with Gasteiger partial charge in [0.25, 0.3) is 5.91 Å².